The van der Waals surface area contributed by atoms with Crippen LogP contribution in [0.2, 0.25) is 0 Å². The summed E-state index contributed by atoms with van der Waals surface area (Å²) < 4.78 is 12.6. The number of hydrogen-bond acceptors (Lipinski definition) is 2. The van der Waals surface area contributed by atoms with Crippen LogP contribution in [-0.4, -0.2) is 6.08 Å². The average Bonchev–Trinajstić information content (AvgIpc) is 2.08. The second kappa shape index (κ2) is 4.00. The van der Waals surface area contributed by atoms with Crippen molar-refractivity contribution in [3.05, 3.63) is 29.6 Å². The predicted octanol–water partition coefficient (Wildman–Crippen LogP) is 2.53. The van der Waals surface area contributed by atoms with Crippen molar-refractivity contribution in [1.29, 1.82) is 0 Å². The van der Waals surface area contributed by atoms with E-state index in [4.69, 9.17) is 11.6 Å². The molecule has 0 saturated heterocycles. The summed E-state index contributed by atoms with van der Waals surface area (Å²) in [6.45, 7) is 0. The molecule has 0 bridgehead atoms. The smallest absolute Gasteiger partial charge is 0.211 e. The number of isocyanates is 1. The van der Waals surface area contributed by atoms with E-state index in [1.54, 1.807) is 0 Å². The molecule has 0 N–H and O–H groups in total. The van der Waals surface area contributed by atoms with Crippen LogP contribution in [0.1, 0.15) is 5.56 Å². The van der Waals surface area contributed by atoms with E-state index in [2.05, 4.69) is 4.99 Å². The SMILES string of the molecule is O=C=Nc1ccc(F)cc1CCl. The van der Waals surface area contributed by atoms with E-state index < -0.39 is 5.82 Å². The van der Waals surface area contributed by atoms with Gasteiger partial charge in [-0.05, 0) is 23.8 Å². The number of nitrogens with zero attached hydrogens (tertiary/aromatic N) is 1. The Hall–Kier alpha value is -1.18. The molecule has 1 rings (SSSR count). The van der Waals surface area contributed by atoms with Crippen LogP contribution in [0.3, 0.4) is 0 Å². The van der Waals surface area contributed by atoms with Crippen LogP contribution in [0.15, 0.2) is 23.2 Å². The monoisotopic (exact) mass is 185 g/mol. The van der Waals surface area contributed by atoms with Crippen molar-refractivity contribution >= 4 is 23.4 Å². The van der Waals surface area contributed by atoms with Gasteiger partial charge in [-0.3, -0.25) is 0 Å². The molecule has 0 heterocycles. The first-order valence-corrected chi connectivity index (χ1v) is 3.73. The van der Waals surface area contributed by atoms with Gasteiger partial charge in [-0.15, -0.1) is 11.6 Å². The molecule has 0 aliphatic carbocycles. The van der Waals surface area contributed by atoms with Gasteiger partial charge in [-0.25, -0.2) is 9.18 Å². The van der Waals surface area contributed by atoms with Crippen molar-refractivity contribution < 1.29 is 9.18 Å². The largest absolute Gasteiger partial charge is 0.240 e. The lowest BCUT2D eigenvalue weighted by Crippen LogP contribution is -1.81. The summed E-state index contributed by atoms with van der Waals surface area (Å²) in [4.78, 5) is 13.3. The number of carbonyl (C=O) groups excluding carboxylic acids is 1. The number of halogens is 2. The maximum atomic E-state index is 12.6. The maximum absolute atomic E-state index is 12.6. The highest BCUT2D eigenvalue weighted by atomic mass is 35.5. The lowest BCUT2D eigenvalue weighted by molar-refractivity contribution is 0.565. The van der Waals surface area contributed by atoms with Crippen molar-refractivity contribution in [2.24, 2.45) is 4.99 Å². The number of rotatable bonds is 2. The van der Waals surface area contributed by atoms with Crippen LogP contribution in [0, 0.1) is 5.82 Å². The lowest BCUT2D eigenvalue weighted by atomic mass is 10.2. The van der Waals surface area contributed by atoms with Gasteiger partial charge >= 0.3 is 0 Å². The predicted molar refractivity (Wildman–Crippen MR) is 43.7 cm³/mol. The molecule has 1 aromatic rings. The van der Waals surface area contributed by atoms with Crippen molar-refractivity contribution in [3.63, 3.8) is 0 Å². The van der Waals surface area contributed by atoms with Crippen LogP contribution < -0.4 is 0 Å². The van der Waals surface area contributed by atoms with Gasteiger partial charge in [0.05, 0.1) is 5.69 Å². The molecule has 0 amide bonds. The van der Waals surface area contributed by atoms with E-state index in [0.29, 0.717) is 11.3 Å². The Kier molecular flexibility index (Phi) is 2.97. The second-order valence-electron chi connectivity index (χ2n) is 2.11. The van der Waals surface area contributed by atoms with Gasteiger partial charge in [0.2, 0.25) is 6.08 Å². The third-order valence-corrected chi connectivity index (χ3v) is 1.64. The Morgan fingerprint density at radius 2 is 2.33 bits per heavy atom. The molecule has 0 fully saturated rings. The normalized spacial score (nSPS) is 9.17. The molecule has 0 spiro atoms. The summed E-state index contributed by atoms with van der Waals surface area (Å²) in [7, 11) is 0. The fourth-order valence-electron chi connectivity index (χ4n) is 0.819. The van der Waals surface area contributed by atoms with Crippen LogP contribution >= 0.6 is 11.6 Å². The number of alkyl halides is 1. The van der Waals surface area contributed by atoms with E-state index >= 15 is 0 Å². The molecule has 4 heteroatoms. The Bertz CT molecular complexity index is 334. The van der Waals surface area contributed by atoms with Crippen LogP contribution in [0.5, 0.6) is 0 Å². The Morgan fingerprint density at radius 3 is 2.92 bits per heavy atom. The van der Waals surface area contributed by atoms with Gasteiger partial charge in [-0.2, -0.15) is 4.99 Å². The number of aliphatic imine (C=N–C) groups is 1. The molecule has 0 aromatic heterocycles. The van der Waals surface area contributed by atoms with Gasteiger partial charge in [0.1, 0.15) is 5.82 Å². The van der Waals surface area contributed by atoms with Crippen LogP contribution in [-0.2, 0) is 10.7 Å². The van der Waals surface area contributed by atoms with E-state index in [0.717, 1.165) is 0 Å². The van der Waals surface area contributed by atoms with Gasteiger partial charge in [0.25, 0.3) is 0 Å². The molecule has 2 nitrogen and oxygen atoms in total. The third-order valence-electron chi connectivity index (χ3n) is 1.35. The highest BCUT2D eigenvalue weighted by Gasteiger charge is 2.01. The van der Waals surface area contributed by atoms with E-state index in [-0.39, 0.29) is 5.88 Å². The minimum Gasteiger partial charge on any atom is -0.211 e. The number of hydrogen-bond donors (Lipinski definition) is 0. The molecule has 12 heavy (non-hydrogen) atoms. The minimum atomic E-state index is -0.393. The molecule has 0 aliphatic heterocycles. The quantitative estimate of drug-likeness (QED) is 0.396. The van der Waals surface area contributed by atoms with Crippen molar-refractivity contribution in [2.75, 3.05) is 0 Å². The third kappa shape index (κ3) is 1.91. The number of benzene rings is 1. The zero-order valence-corrected chi connectivity index (χ0v) is 6.81. The van der Waals surface area contributed by atoms with E-state index in [1.165, 1.54) is 24.3 Å². The molecule has 0 aliphatic rings. The molecular formula is C8H5ClFNO. The van der Waals surface area contributed by atoms with E-state index in [1.807, 2.05) is 0 Å². The first kappa shape index (κ1) is 8.91. The summed E-state index contributed by atoms with van der Waals surface area (Å²) >= 11 is 5.48. The molecular weight excluding hydrogens is 181 g/mol. The summed E-state index contributed by atoms with van der Waals surface area (Å²) in [5, 5.41) is 0. The fourth-order valence-corrected chi connectivity index (χ4v) is 1.03. The van der Waals surface area contributed by atoms with Gasteiger partial charge in [0.15, 0.2) is 0 Å². The standard InChI is InChI=1S/C8H5ClFNO/c9-4-6-3-7(10)1-2-8(6)11-5-12/h1-3H,4H2. The fraction of sp³-hybridized carbons (Fsp3) is 0.125. The van der Waals surface area contributed by atoms with Crippen molar-refractivity contribution in [3.8, 4) is 0 Å². The minimum absolute atomic E-state index is 0.123. The Labute approximate surface area is 73.7 Å². The zero-order chi connectivity index (χ0) is 8.97. The molecule has 1 aromatic carbocycles. The van der Waals surface area contributed by atoms with Crippen LogP contribution in [0.25, 0.3) is 0 Å². The van der Waals surface area contributed by atoms with Gasteiger partial charge < -0.3 is 0 Å². The Morgan fingerprint density at radius 1 is 1.58 bits per heavy atom. The Balaban J connectivity index is 3.19. The molecule has 0 unspecified atom stereocenters. The average molecular weight is 186 g/mol. The highest BCUT2D eigenvalue weighted by molar-refractivity contribution is 6.17. The molecule has 0 atom stereocenters. The summed E-state index contributed by atoms with van der Waals surface area (Å²) in [5.41, 5.74) is 0.849. The maximum Gasteiger partial charge on any atom is 0.240 e. The zero-order valence-electron chi connectivity index (χ0n) is 6.05. The summed E-state index contributed by atoms with van der Waals surface area (Å²) in [5.74, 6) is -0.270. The second-order valence-corrected chi connectivity index (χ2v) is 2.38. The van der Waals surface area contributed by atoms with Crippen molar-refractivity contribution in [2.45, 2.75) is 5.88 Å². The molecule has 0 saturated carbocycles. The van der Waals surface area contributed by atoms with Gasteiger partial charge in [-0.1, -0.05) is 0 Å². The first-order chi connectivity index (χ1) is 5.77. The molecule has 62 valence electrons. The summed E-state index contributed by atoms with van der Waals surface area (Å²) in [6.07, 6.45) is 1.37. The van der Waals surface area contributed by atoms with Gasteiger partial charge in [0, 0.05) is 5.88 Å². The highest BCUT2D eigenvalue weighted by Crippen LogP contribution is 2.21. The first-order valence-electron chi connectivity index (χ1n) is 3.20. The lowest BCUT2D eigenvalue weighted by Gasteiger charge is -1.98. The topological polar surface area (TPSA) is 29.4 Å². The summed E-state index contributed by atoms with van der Waals surface area (Å²) in [6, 6.07) is 3.84. The van der Waals surface area contributed by atoms with Crippen LogP contribution in [0.4, 0.5) is 10.1 Å². The van der Waals surface area contributed by atoms with Crippen molar-refractivity contribution in [1.82, 2.24) is 0 Å². The molecule has 0 radical (unpaired) electrons. The van der Waals surface area contributed by atoms with E-state index in [9.17, 15) is 9.18 Å².